The lowest BCUT2D eigenvalue weighted by atomic mass is 9.83. The van der Waals surface area contributed by atoms with Crippen LogP contribution in [0.3, 0.4) is 0 Å². The second kappa shape index (κ2) is 8.02. The molecule has 1 heteroatoms. The van der Waals surface area contributed by atoms with Gasteiger partial charge in [-0.2, -0.15) is 0 Å². The molecule has 0 aliphatic rings. The molecule has 1 atom stereocenters. The van der Waals surface area contributed by atoms with Gasteiger partial charge in [0.25, 0.3) is 0 Å². The molecule has 0 spiro atoms. The smallest absolute Gasteiger partial charge is 0.0950 e. The molecule has 1 N–H and O–H groups in total. The Balaban J connectivity index is 2.53. The Bertz CT molecular complexity index is 408. The van der Waals surface area contributed by atoms with E-state index in [0.717, 1.165) is 12.0 Å². The lowest BCUT2D eigenvalue weighted by Crippen LogP contribution is -2.20. The molecule has 19 heavy (non-hydrogen) atoms. The van der Waals surface area contributed by atoms with Crippen molar-refractivity contribution in [1.29, 1.82) is 0 Å². The van der Waals surface area contributed by atoms with Gasteiger partial charge in [0.05, 0.1) is 11.5 Å². The van der Waals surface area contributed by atoms with E-state index in [1.54, 1.807) is 0 Å². The van der Waals surface area contributed by atoms with Crippen LogP contribution < -0.4 is 0 Å². The predicted molar refractivity (Wildman–Crippen MR) is 81.7 cm³/mol. The standard InChI is InChI=1S/C18H26O/c1-4-5-6-7-8-12-15-18(2,3)17(19)16-13-10-9-11-14-16/h9-11,13-14,17,19H,4-8H2,1-3H3. The summed E-state index contributed by atoms with van der Waals surface area (Å²) in [4.78, 5) is 0. The third-order valence-electron chi connectivity index (χ3n) is 3.36. The van der Waals surface area contributed by atoms with Gasteiger partial charge in [0.15, 0.2) is 0 Å². The molecule has 0 heterocycles. The van der Waals surface area contributed by atoms with Gasteiger partial charge in [-0.1, -0.05) is 62.4 Å². The Kier molecular flexibility index (Phi) is 6.67. The number of rotatable bonds is 6. The Morgan fingerprint density at radius 1 is 1.11 bits per heavy atom. The zero-order valence-corrected chi connectivity index (χ0v) is 12.4. The summed E-state index contributed by atoms with van der Waals surface area (Å²) in [7, 11) is 0. The highest BCUT2D eigenvalue weighted by atomic mass is 16.3. The first-order chi connectivity index (χ1) is 9.08. The maximum Gasteiger partial charge on any atom is 0.0950 e. The van der Waals surface area contributed by atoms with E-state index in [-0.39, 0.29) is 0 Å². The number of hydrogen-bond donors (Lipinski definition) is 1. The largest absolute Gasteiger partial charge is 0.387 e. The molecule has 104 valence electrons. The number of benzene rings is 1. The van der Waals surface area contributed by atoms with Gasteiger partial charge in [-0.25, -0.2) is 0 Å². The van der Waals surface area contributed by atoms with E-state index in [2.05, 4.69) is 18.8 Å². The van der Waals surface area contributed by atoms with Crippen LogP contribution >= 0.6 is 0 Å². The van der Waals surface area contributed by atoms with Crippen LogP contribution in [0.1, 0.15) is 64.5 Å². The molecule has 1 unspecified atom stereocenters. The molecule has 1 nitrogen and oxygen atoms in total. The molecule has 1 rings (SSSR count). The lowest BCUT2D eigenvalue weighted by Gasteiger charge is -2.25. The third kappa shape index (κ3) is 5.49. The second-order valence-corrected chi connectivity index (χ2v) is 5.65. The second-order valence-electron chi connectivity index (χ2n) is 5.65. The third-order valence-corrected chi connectivity index (χ3v) is 3.36. The van der Waals surface area contributed by atoms with Gasteiger partial charge in [-0.15, -0.1) is 5.92 Å². The molecule has 0 aliphatic heterocycles. The fraction of sp³-hybridized carbons (Fsp3) is 0.556. The fourth-order valence-corrected chi connectivity index (χ4v) is 2.05. The molecule has 1 aromatic rings. The molecule has 0 aliphatic carbocycles. The summed E-state index contributed by atoms with van der Waals surface area (Å²) in [5.74, 6) is 6.46. The molecule has 1 aromatic carbocycles. The Morgan fingerprint density at radius 3 is 2.42 bits per heavy atom. The number of aliphatic hydroxyl groups is 1. The average Bonchev–Trinajstić information content (AvgIpc) is 2.43. The van der Waals surface area contributed by atoms with E-state index >= 15 is 0 Å². The van der Waals surface area contributed by atoms with Crippen LogP contribution in [0.5, 0.6) is 0 Å². The number of aliphatic hydroxyl groups excluding tert-OH is 1. The maximum atomic E-state index is 10.4. The van der Waals surface area contributed by atoms with Gasteiger partial charge < -0.3 is 5.11 Å². The minimum atomic E-state index is -0.531. The van der Waals surface area contributed by atoms with Gasteiger partial charge in [-0.05, 0) is 25.8 Å². The van der Waals surface area contributed by atoms with E-state index < -0.39 is 11.5 Å². The molecule has 0 bridgehead atoms. The van der Waals surface area contributed by atoms with Gasteiger partial charge in [0, 0.05) is 6.42 Å². The summed E-state index contributed by atoms with van der Waals surface area (Å²) in [5, 5.41) is 10.4. The van der Waals surface area contributed by atoms with Crippen LogP contribution in [0.25, 0.3) is 0 Å². The minimum Gasteiger partial charge on any atom is -0.387 e. The highest BCUT2D eigenvalue weighted by Crippen LogP contribution is 2.32. The van der Waals surface area contributed by atoms with E-state index in [0.29, 0.717) is 0 Å². The number of unbranched alkanes of at least 4 members (excludes halogenated alkanes) is 4. The van der Waals surface area contributed by atoms with Gasteiger partial charge >= 0.3 is 0 Å². The van der Waals surface area contributed by atoms with Crippen molar-refractivity contribution in [3.05, 3.63) is 35.9 Å². The topological polar surface area (TPSA) is 20.2 Å². The molecule has 0 amide bonds. The van der Waals surface area contributed by atoms with Crippen molar-refractivity contribution in [1.82, 2.24) is 0 Å². The zero-order valence-electron chi connectivity index (χ0n) is 12.4. The van der Waals surface area contributed by atoms with E-state index in [4.69, 9.17) is 0 Å². The van der Waals surface area contributed by atoms with Gasteiger partial charge in [0.2, 0.25) is 0 Å². The quantitative estimate of drug-likeness (QED) is 0.578. The Hall–Kier alpha value is -1.26. The summed E-state index contributed by atoms with van der Waals surface area (Å²) >= 11 is 0. The summed E-state index contributed by atoms with van der Waals surface area (Å²) in [5.41, 5.74) is 0.541. The van der Waals surface area contributed by atoms with Crippen LogP contribution in [-0.2, 0) is 0 Å². The van der Waals surface area contributed by atoms with Crippen molar-refractivity contribution in [2.24, 2.45) is 5.41 Å². The average molecular weight is 258 g/mol. The molecular formula is C18H26O. The van der Waals surface area contributed by atoms with Crippen LogP contribution in [-0.4, -0.2) is 5.11 Å². The normalized spacial score (nSPS) is 12.6. The van der Waals surface area contributed by atoms with Crippen LogP contribution in [0.15, 0.2) is 30.3 Å². The van der Waals surface area contributed by atoms with Gasteiger partial charge in [-0.3, -0.25) is 0 Å². The van der Waals surface area contributed by atoms with Crippen LogP contribution in [0.4, 0.5) is 0 Å². The monoisotopic (exact) mass is 258 g/mol. The van der Waals surface area contributed by atoms with E-state index in [1.165, 1.54) is 25.7 Å². The highest BCUT2D eigenvalue weighted by Gasteiger charge is 2.26. The van der Waals surface area contributed by atoms with Crippen molar-refractivity contribution < 1.29 is 5.11 Å². The number of hydrogen-bond acceptors (Lipinski definition) is 1. The van der Waals surface area contributed by atoms with E-state index in [9.17, 15) is 5.11 Å². The first-order valence-electron chi connectivity index (χ1n) is 7.31. The molecule has 0 aromatic heterocycles. The molecule has 0 saturated carbocycles. The highest BCUT2D eigenvalue weighted by molar-refractivity contribution is 5.23. The SMILES string of the molecule is CCCCCCC#CC(C)(C)C(O)c1ccccc1. The first-order valence-corrected chi connectivity index (χ1v) is 7.31. The molecule has 0 radical (unpaired) electrons. The molecule has 0 fully saturated rings. The van der Waals surface area contributed by atoms with Crippen molar-refractivity contribution in [3.8, 4) is 11.8 Å². The zero-order chi connectivity index (χ0) is 14.1. The van der Waals surface area contributed by atoms with Crippen LogP contribution in [0, 0.1) is 17.3 Å². The van der Waals surface area contributed by atoms with Crippen molar-refractivity contribution in [2.45, 2.75) is 59.0 Å². The van der Waals surface area contributed by atoms with Crippen molar-refractivity contribution in [2.75, 3.05) is 0 Å². The minimum absolute atomic E-state index is 0.397. The Labute approximate surface area is 118 Å². The van der Waals surface area contributed by atoms with E-state index in [1.807, 2.05) is 44.2 Å². The summed E-state index contributed by atoms with van der Waals surface area (Å²) < 4.78 is 0. The summed E-state index contributed by atoms with van der Waals surface area (Å²) in [6.45, 7) is 6.22. The summed E-state index contributed by atoms with van der Waals surface area (Å²) in [6, 6.07) is 9.77. The predicted octanol–water partition coefficient (Wildman–Crippen LogP) is 4.72. The molecular weight excluding hydrogens is 232 g/mol. The lowest BCUT2D eigenvalue weighted by molar-refractivity contribution is 0.0880. The Morgan fingerprint density at radius 2 is 1.79 bits per heavy atom. The van der Waals surface area contributed by atoms with Crippen molar-refractivity contribution >= 4 is 0 Å². The fourth-order valence-electron chi connectivity index (χ4n) is 2.05. The maximum absolute atomic E-state index is 10.4. The van der Waals surface area contributed by atoms with Crippen LogP contribution in [0.2, 0.25) is 0 Å². The molecule has 0 saturated heterocycles. The summed E-state index contributed by atoms with van der Waals surface area (Å²) in [6.07, 6.45) is 5.37. The van der Waals surface area contributed by atoms with Gasteiger partial charge in [0.1, 0.15) is 0 Å². The first kappa shape index (κ1) is 15.8. The van der Waals surface area contributed by atoms with Crippen molar-refractivity contribution in [3.63, 3.8) is 0 Å².